The molecule has 2 aromatic heterocycles. The quantitative estimate of drug-likeness (QED) is 0.477. The van der Waals surface area contributed by atoms with Gasteiger partial charge in [-0.05, 0) is 39.0 Å². The van der Waals surface area contributed by atoms with E-state index in [2.05, 4.69) is 56.6 Å². The first-order chi connectivity index (χ1) is 15.9. The molecule has 0 aliphatic carbocycles. The van der Waals surface area contributed by atoms with Gasteiger partial charge in [0.15, 0.2) is 5.82 Å². The van der Waals surface area contributed by atoms with E-state index in [9.17, 15) is 4.39 Å². The van der Waals surface area contributed by atoms with Crippen LogP contribution in [0.3, 0.4) is 0 Å². The largest absolute Gasteiger partial charge is 0.493 e. The zero-order chi connectivity index (χ0) is 23.1. The van der Waals surface area contributed by atoms with Gasteiger partial charge in [0.2, 0.25) is 0 Å². The molecule has 1 fully saturated rings. The number of rotatable bonds is 5. The van der Waals surface area contributed by atoms with Crippen molar-refractivity contribution in [3.63, 3.8) is 0 Å². The Balaban J connectivity index is 1.57. The number of benzene rings is 2. The van der Waals surface area contributed by atoms with E-state index >= 15 is 0 Å². The van der Waals surface area contributed by atoms with Crippen LogP contribution in [0.2, 0.25) is 0 Å². The van der Waals surface area contributed by atoms with Crippen LogP contribution in [-0.2, 0) is 7.05 Å². The summed E-state index contributed by atoms with van der Waals surface area (Å²) >= 11 is 0. The van der Waals surface area contributed by atoms with Crippen molar-refractivity contribution >= 4 is 39.0 Å². The average molecular weight is 450 g/mol. The van der Waals surface area contributed by atoms with E-state index in [0.717, 1.165) is 29.7 Å². The molecule has 1 aliphatic heterocycles. The summed E-state index contributed by atoms with van der Waals surface area (Å²) in [5, 5.41) is 12.5. The van der Waals surface area contributed by atoms with E-state index in [4.69, 9.17) is 4.74 Å². The van der Waals surface area contributed by atoms with Gasteiger partial charge in [0.1, 0.15) is 23.4 Å². The standard InChI is InChI=1S/C24H28FN7O/c1-5-33-21-9-18(32-10-14(2)28-15(3)11-32)8-20-22(21)24(27-13-26-20)29-17-6-16-12-31(4)30-23(16)19(25)7-17/h6-9,12-15,28H,5,10-11H2,1-4H3,(H,26,27,29). The number of piperazine rings is 1. The van der Waals surface area contributed by atoms with Gasteiger partial charge in [-0.15, -0.1) is 0 Å². The molecule has 0 bridgehead atoms. The number of hydrogen-bond acceptors (Lipinski definition) is 7. The zero-order valence-electron chi connectivity index (χ0n) is 19.3. The van der Waals surface area contributed by atoms with Gasteiger partial charge < -0.3 is 20.3 Å². The summed E-state index contributed by atoms with van der Waals surface area (Å²) in [7, 11) is 1.77. The second kappa shape index (κ2) is 8.47. The Labute approximate surface area is 191 Å². The Morgan fingerprint density at radius 3 is 2.70 bits per heavy atom. The Kier molecular flexibility index (Phi) is 5.49. The number of fused-ring (bicyclic) bond motifs is 2. The van der Waals surface area contributed by atoms with E-state index < -0.39 is 0 Å². The van der Waals surface area contributed by atoms with Gasteiger partial charge >= 0.3 is 0 Å². The van der Waals surface area contributed by atoms with Crippen LogP contribution in [0.25, 0.3) is 21.8 Å². The van der Waals surface area contributed by atoms with Crippen molar-refractivity contribution in [2.75, 3.05) is 29.9 Å². The second-order valence-electron chi connectivity index (χ2n) is 8.69. The highest BCUT2D eigenvalue weighted by Crippen LogP contribution is 2.36. The number of aromatic nitrogens is 4. The minimum absolute atomic E-state index is 0.342. The molecule has 2 atom stereocenters. The average Bonchev–Trinajstić information content (AvgIpc) is 3.14. The maximum absolute atomic E-state index is 14.6. The summed E-state index contributed by atoms with van der Waals surface area (Å²) in [6.07, 6.45) is 3.31. The van der Waals surface area contributed by atoms with Gasteiger partial charge in [-0.2, -0.15) is 5.10 Å². The lowest BCUT2D eigenvalue weighted by atomic mass is 10.1. The van der Waals surface area contributed by atoms with Gasteiger partial charge in [0, 0.05) is 61.2 Å². The monoisotopic (exact) mass is 449 g/mol. The molecule has 8 nitrogen and oxygen atoms in total. The summed E-state index contributed by atoms with van der Waals surface area (Å²) in [5.41, 5.74) is 2.77. The van der Waals surface area contributed by atoms with Crippen molar-refractivity contribution in [2.45, 2.75) is 32.9 Å². The fraction of sp³-hybridized carbons (Fsp3) is 0.375. The van der Waals surface area contributed by atoms with Gasteiger partial charge in [-0.25, -0.2) is 14.4 Å². The van der Waals surface area contributed by atoms with Gasteiger partial charge in [0.05, 0.1) is 17.5 Å². The Bertz CT molecular complexity index is 1310. The first-order valence-electron chi connectivity index (χ1n) is 11.2. The molecule has 33 heavy (non-hydrogen) atoms. The molecule has 1 aliphatic rings. The third kappa shape index (κ3) is 4.16. The third-order valence-corrected chi connectivity index (χ3v) is 5.85. The van der Waals surface area contributed by atoms with Crippen LogP contribution in [0.15, 0.2) is 36.8 Å². The summed E-state index contributed by atoms with van der Waals surface area (Å²) in [6, 6.07) is 8.19. The lowest BCUT2D eigenvalue weighted by Gasteiger charge is -2.38. The van der Waals surface area contributed by atoms with Crippen LogP contribution in [-0.4, -0.2) is 51.5 Å². The lowest BCUT2D eigenvalue weighted by molar-refractivity contribution is 0.344. The van der Waals surface area contributed by atoms with Gasteiger partial charge in [0.25, 0.3) is 0 Å². The van der Waals surface area contributed by atoms with Crippen LogP contribution >= 0.6 is 0 Å². The van der Waals surface area contributed by atoms with Gasteiger partial charge in [-0.1, -0.05) is 0 Å². The predicted octanol–water partition coefficient (Wildman–Crippen LogP) is 3.98. The zero-order valence-corrected chi connectivity index (χ0v) is 19.3. The first kappa shape index (κ1) is 21.4. The number of nitrogens with zero attached hydrogens (tertiary/aromatic N) is 5. The SMILES string of the molecule is CCOc1cc(N2CC(C)NC(C)C2)cc2ncnc(Nc3cc(F)c4nn(C)cc4c3)c12. The predicted molar refractivity (Wildman–Crippen MR) is 129 cm³/mol. The summed E-state index contributed by atoms with van der Waals surface area (Å²) in [4.78, 5) is 11.3. The molecule has 2 N–H and O–H groups in total. The summed E-state index contributed by atoms with van der Waals surface area (Å²) in [6.45, 7) is 8.66. The van der Waals surface area contributed by atoms with Crippen LogP contribution < -0.4 is 20.3 Å². The normalized spacial score (nSPS) is 18.8. The molecule has 172 valence electrons. The molecule has 0 amide bonds. The number of aryl methyl sites for hydroxylation is 1. The fourth-order valence-electron chi connectivity index (χ4n) is 4.65. The number of nitrogens with one attached hydrogen (secondary N) is 2. The second-order valence-corrected chi connectivity index (χ2v) is 8.69. The summed E-state index contributed by atoms with van der Waals surface area (Å²) < 4.78 is 22.2. The Morgan fingerprint density at radius 1 is 1.15 bits per heavy atom. The Hall–Kier alpha value is -3.46. The van der Waals surface area contributed by atoms with Crippen molar-refractivity contribution in [2.24, 2.45) is 7.05 Å². The van der Waals surface area contributed by atoms with E-state index in [1.54, 1.807) is 17.9 Å². The Morgan fingerprint density at radius 2 is 1.94 bits per heavy atom. The molecule has 0 radical (unpaired) electrons. The van der Waals surface area contributed by atoms with E-state index in [1.807, 2.05) is 13.0 Å². The summed E-state index contributed by atoms with van der Waals surface area (Å²) in [5.74, 6) is 0.887. The van der Waals surface area contributed by atoms with Crippen LogP contribution in [0.4, 0.5) is 21.6 Å². The lowest BCUT2D eigenvalue weighted by Crippen LogP contribution is -2.54. The fourth-order valence-corrected chi connectivity index (χ4v) is 4.65. The maximum Gasteiger partial charge on any atom is 0.153 e. The molecular formula is C24H28FN7O. The molecule has 4 aromatic rings. The maximum atomic E-state index is 14.6. The minimum Gasteiger partial charge on any atom is -0.493 e. The van der Waals surface area contributed by atoms with Crippen LogP contribution in [0, 0.1) is 5.82 Å². The van der Waals surface area contributed by atoms with Crippen molar-refractivity contribution in [3.05, 3.63) is 42.6 Å². The van der Waals surface area contributed by atoms with Crippen LogP contribution in [0.1, 0.15) is 20.8 Å². The highest BCUT2D eigenvalue weighted by molar-refractivity contribution is 5.98. The van der Waals surface area contributed by atoms with Crippen molar-refractivity contribution in [3.8, 4) is 5.75 Å². The molecule has 0 saturated carbocycles. The van der Waals surface area contributed by atoms with Crippen molar-refractivity contribution < 1.29 is 9.13 Å². The van der Waals surface area contributed by atoms with Crippen molar-refractivity contribution in [1.29, 1.82) is 0 Å². The third-order valence-electron chi connectivity index (χ3n) is 5.85. The molecule has 9 heteroatoms. The van der Waals surface area contributed by atoms with E-state index in [0.29, 0.717) is 46.8 Å². The smallest absolute Gasteiger partial charge is 0.153 e. The molecular weight excluding hydrogens is 421 g/mol. The number of hydrogen-bond donors (Lipinski definition) is 2. The number of halogens is 1. The molecule has 2 unspecified atom stereocenters. The van der Waals surface area contributed by atoms with E-state index in [1.165, 1.54) is 12.4 Å². The molecule has 1 saturated heterocycles. The highest BCUT2D eigenvalue weighted by Gasteiger charge is 2.23. The first-order valence-corrected chi connectivity index (χ1v) is 11.2. The van der Waals surface area contributed by atoms with Crippen molar-refractivity contribution in [1.82, 2.24) is 25.1 Å². The van der Waals surface area contributed by atoms with Crippen LogP contribution in [0.5, 0.6) is 5.75 Å². The van der Waals surface area contributed by atoms with Gasteiger partial charge in [-0.3, -0.25) is 4.68 Å². The number of anilines is 3. The highest BCUT2D eigenvalue weighted by atomic mass is 19.1. The molecule has 5 rings (SSSR count). The molecule has 0 spiro atoms. The molecule has 3 heterocycles. The topological polar surface area (TPSA) is 80.1 Å². The number of ether oxygens (including phenoxy) is 1. The molecule has 2 aromatic carbocycles. The minimum atomic E-state index is -0.386. The van der Waals surface area contributed by atoms with E-state index in [-0.39, 0.29) is 5.82 Å².